The van der Waals surface area contributed by atoms with Crippen LogP contribution >= 0.6 is 0 Å². The number of nitrogens with one attached hydrogen (secondary N) is 2. The van der Waals surface area contributed by atoms with Gasteiger partial charge in [-0.2, -0.15) is 0 Å². The molecular formula is C19H26N4O4. The number of pyridine rings is 1. The Morgan fingerprint density at radius 3 is 2.22 bits per heavy atom. The van der Waals surface area contributed by atoms with Gasteiger partial charge in [0.15, 0.2) is 11.5 Å². The van der Waals surface area contributed by atoms with E-state index in [1.807, 2.05) is 20.2 Å². The Labute approximate surface area is 159 Å². The fourth-order valence-corrected chi connectivity index (χ4v) is 2.40. The first-order chi connectivity index (χ1) is 13.0. The molecule has 1 aromatic heterocycles. The number of nitrogens with zero attached hydrogens (tertiary/aromatic N) is 2. The molecule has 0 atom stereocenters. The molecule has 146 valence electrons. The van der Waals surface area contributed by atoms with Gasteiger partial charge < -0.3 is 29.7 Å². The molecule has 0 saturated heterocycles. The van der Waals surface area contributed by atoms with Crippen molar-refractivity contribution in [3.8, 4) is 17.2 Å². The van der Waals surface area contributed by atoms with Crippen LogP contribution in [0.4, 0.5) is 11.5 Å². The monoisotopic (exact) mass is 374 g/mol. The highest BCUT2D eigenvalue weighted by atomic mass is 16.5. The molecule has 2 N–H and O–H groups in total. The number of hydrogen-bond acceptors (Lipinski definition) is 7. The molecule has 2 rings (SSSR count). The summed E-state index contributed by atoms with van der Waals surface area (Å²) in [6.45, 7) is 1.73. The summed E-state index contributed by atoms with van der Waals surface area (Å²) in [5.41, 5.74) is 1.27. The van der Waals surface area contributed by atoms with Gasteiger partial charge in [0.05, 0.1) is 33.2 Å². The largest absolute Gasteiger partial charge is 0.493 e. The first kappa shape index (κ1) is 20.3. The van der Waals surface area contributed by atoms with E-state index < -0.39 is 0 Å². The molecule has 1 amide bonds. The van der Waals surface area contributed by atoms with Crippen molar-refractivity contribution in [3.05, 3.63) is 36.0 Å². The Balaban J connectivity index is 2.08. The number of amides is 1. The van der Waals surface area contributed by atoms with Crippen molar-refractivity contribution in [1.82, 2.24) is 9.88 Å². The zero-order valence-corrected chi connectivity index (χ0v) is 16.3. The number of benzene rings is 1. The highest BCUT2D eigenvalue weighted by molar-refractivity contribution is 6.04. The molecule has 0 spiro atoms. The van der Waals surface area contributed by atoms with E-state index in [0.29, 0.717) is 28.6 Å². The van der Waals surface area contributed by atoms with Crippen molar-refractivity contribution in [2.45, 2.75) is 0 Å². The second kappa shape index (κ2) is 9.63. The molecule has 1 aromatic carbocycles. The third-order valence-electron chi connectivity index (χ3n) is 3.82. The third-order valence-corrected chi connectivity index (χ3v) is 3.82. The lowest BCUT2D eigenvalue weighted by molar-refractivity contribution is 0.102. The van der Waals surface area contributed by atoms with Crippen LogP contribution < -0.4 is 24.8 Å². The predicted molar refractivity (Wildman–Crippen MR) is 105 cm³/mol. The Bertz CT molecular complexity index is 738. The Morgan fingerprint density at radius 2 is 1.74 bits per heavy atom. The Hall–Kier alpha value is -3.00. The van der Waals surface area contributed by atoms with E-state index in [4.69, 9.17) is 14.2 Å². The summed E-state index contributed by atoms with van der Waals surface area (Å²) in [5.74, 6) is 1.38. The van der Waals surface area contributed by atoms with Gasteiger partial charge in [0.2, 0.25) is 5.75 Å². The van der Waals surface area contributed by atoms with Crippen LogP contribution in [-0.2, 0) is 0 Å². The van der Waals surface area contributed by atoms with E-state index in [0.717, 1.165) is 18.8 Å². The van der Waals surface area contributed by atoms with E-state index in [-0.39, 0.29) is 5.91 Å². The van der Waals surface area contributed by atoms with Crippen molar-refractivity contribution in [3.63, 3.8) is 0 Å². The maximum atomic E-state index is 12.6. The van der Waals surface area contributed by atoms with Gasteiger partial charge in [0, 0.05) is 18.7 Å². The summed E-state index contributed by atoms with van der Waals surface area (Å²) < 4.78 is 15.8. The molecule has 0 saturated carbocycles. The maximum Gasteiger partial charge on any atom is 0.257 e. The Kier molecular flexibility index (Phi) is 7.25. The van der Waals surface area contributed by atoms with Gasteiger partial charge >= 0.3 is 0 Å². The smallest absolute Gasteiger partial charge is 0.257 e. The fourth-order valence-electron chi connectivity index (χ4n) is 2.40. The van der Waals surface area contributed by atoms with Crippen LogP contribution in [0.25, 0.3) is 0 Å². The minimum absolute atomic E-state index is 0.324. The van der Waals surface area contributed by atoms with Crippen molar-refractivity contribution in [2.75, 3.05) is 59.1 Å². The van der Waals surface area contributed by atoms with Gasteiger partial charge in [-0.15, -0.1) is 0 Å². The lowest BCUT2D eigenvalue weighted by Gasteiger charge is -2.14. The SMILES string of the molecule is COc1cc(C(=O)Nc2ccc(NCCN(C)C)cn2)cc(OC)c1OC. The summed E-state index contributed by atoms with van der Waals surface area (Å²) in [4.78, 5) is 18.9. The number of ether oxygens (including phenoxy) is 3. The number of rotatable bonds is 9. The van der Waals surface area contributed by atoms with Crippen LogP contribution in [0.1, 0.15) is 10.4 Å². The maximum absolute atomic E-state index is 12.6. The molecule has 8 nitrogen and oxygen atoms in total. The van der Waals surface area contributed by atoms with Gasteiger partial charge in [0.25, 0.3) is 5.91 Å². The first-order valence-corrected chi connectivity index (χ1v) is 8.44. The van der Waals surface area contributed by atoms with Crippen molar-refractivity contribution >= 4 is 17.4 Å². The van der Waals surface area contributed by atoms with Crippen molar-refractivity contribution in [2.24, 2.45) is 0 Å². The number of hydrogen-bond donors (Lipinski definition) is 2. The number of anilines is 2. The van der Waals surface area contributed by atoms with E-state index in [1.165, 1.54) is 21.3 Å². The number of carbonyl (C=O) groups excluding carboxylic acids is 1. The zero-order chi connectivity index (χ0) is 19.8. The summed E-state index contributed by atoms with van der Waals surface area (Å²) in [5, 5.41) is 6.03. The molecule has 2 aromatic rings. The molecule has 0 aliphatic rings. The lowest BCUT2D eigenvalue weighted by Crippen LogP contribution is -2.20. The van der Waals surface area contributed by atoms with Gasteiger partial charge in [-0.25, -0.2) is 4.98 Å². The molecule has 0 aliphatic carbocycles. The molecule has 0 fully saturated rings. The minimum Gasteiger partial charge on any atom is -0.493 e. The molecular weight excluding hydrogens is 348 g/mol. The average Bonchev–Trinajstić information content (AvgIpc) is 2.67. The summed E-state index contributed by atoms with van der Waals surface area (Å²) >= 11 is 0. The van der Waals surface area contributed by atoms with Crippen LogP contribution in [0.5, 0.6) is 17.2 Å². The van der Waals surface area contributed by atoms with E-state index >= 15 is 0 Å². The van der Waals surface area contributed by atoms with E-state index in [9.17, 15) is 4.79 Å². The summed E-state index contributed by atoms with van der Waals surface area (Å²) in [6, 6.07) is 6.79. The van der Waals surface area contributed by atoms with Crippen LogP contribution in [-0.4, -0.2) is 64.3 Å². The first-order valence-electron chi connectivity index (χ1n) is 8.44. The molecule has 0 bridgehead atoms. The molecule has 0 radical (unpaired) electrons. The number of likely N-dealkylation sites (N-methyl/N-ethyl adjacent to an activating group) is 1. The van der Waals surface area contributed by atoms with E-state index in [2.05, 4.69) is 20.5 Å². The second-order valence-corrected chi connectivity index (χ2v) is 6.03. The molecule has 8 heteroatoms. The van der Waals surface area contributed by atoms with Gasteiger partial charge in [-0.3, -0.25) is 4.79 Å². The van der Waals surface area contributed by atoms with Gasteiger partial charge in [-0.05, 0) is 38.4 Å². The normalized spacial score (nSPS) is 10.4. The zero-order valence-electron chi connectivity index (χ0n) is 16.3. The second-order valence-electron chi connectivity index (χ2n) is 6.03. The summed E-state index contributed by atoms with van der Waals surface area (Å²) in [6.07, 6.45) is 1.68. The van der Waals surface area contributed by atoms with E-state index in [1.54, 1.807) is 24.4 Å². The minimum atomic E-state index is -0.324. The molecule has 1 heterocycles. The molecule has 27 heavy (non-hydrogen) atoms. The molecule has 0 aliphatic heterocycles. The lowest BCUT2D eigenvalue weighted by atomic mass is 10.1. The summed E-state index contributed by atoms with van der Waals surface area (Å²) in [7, 11) is 8.55. The number of methoxy groups -OCH3 is 3. The quantitative estimate of drug-likeness (QED) is 0.697. The average molecular weight is 374 g/mol. The highest BCUT2D eigenvalue weighted by Gasteiger charge is 2.17. The van der Waals surface area contributed by atoms with Crippen molar-refractivity contribution < 1.29 is 19.0 Å². The van der Waals surface area contributed by atoms with Crippen LogP contribution in [0, 0.1) is 0 Å². The topological polar surface area (TPSA) is 85.0 Å². The standard InChI is InChI=1S/C19H26N4O4/c1-23(2)9-8-20-14-6-7-17(21-12-14)22-19(24)13-10-15(25-3)18(27-5)16(11-13)26-4/h6-7,10-12,20H,8-9H2,1-5H3,(H,21,22,24). The van der Waals surface area contributed by atoms with Crippen LogP contribution in [0.3, 0.4) is 0 Å². The van der Waals surface area contributed by atoms with Crippen LogP contribution in [0.15, 0.2) is 30.5 Å². The fraction of sp³-hybridized carbons (Fsp3) is 0.368. The van der Waals surface area contributed by atoms with Gasteiger partial charge in [-0.1, -0.05) is 0 Å². The molecule has 0 unspecified atom stereocenters. The number of aromatic nitrogens is 1. The van der Waals surface area contributed by atoms with Crippen molar-refractivity contribution in [1.29, 1.82) is 0 Å². The van der Waals surface area contributed by atoms with Gasteiger partial charge in [0.1, 0.15) is 5.82 Å². The van der Waals surface area contributed by atoms with Crippen LogP contribution in [0.2, 0.25) is 0 Å². The Morgan fingerprint density at radius 1 is 1.07 bits per heavy atom. The predicted octanol–water partition coefficient (Wildman–Crippen LogP) is 2.33. The highest BCUT2D eigenvalue weighted by Crippen LogP contribution is 2.38. The number of carbonyl (C=O) groups is 1. The third kappa shape index (κ3) is 5.49.